The zero-order valence-corrected chi connectivity index (χ0v) is 22.1. The monoisotopic (exact) mass is 520 g/mol. The number of hydrogen-bond donors (Lipinski definition) is 0. The topological polar surface area (TPSA) is 88.1 Å². The standard InChI is InChI=1S/C29H29O7P/c1-19(2)22-13-7-12-18-27(22)37(32,35-25-16-10-8-14-23(25)33-28(30)20(3)4)36-26-17-11-9-15-24(26)34-29(31)21(5)6/h7-19H,3,5H2,1-2,4,6H3. The fourth-order valence-electron chi connectivity index (χ4n) is 3.19. The Labute approximate surface area is 216 Å². The summed E-state index contributed by atoms with van der Waals surface area (Å²) in [7, 11) is -4.22. The van der Waals surface area contributed by atoms with E-state index >= 15 is 0 Å². The summed E-state index contributed by atoms with van der Waals surface area (Å²) in [6.45, 7) is 14.1. The number of rotatable bonds is 10. The molecule has 0 fully saturated rings. The molecular formula is C29H29O7P. The quantitative estimate of drug-likeness (QED) is 0.126. The Balaban J connectivity index is 2.13. The number of esters is 2. The van der Waals surface area contributed by atoms with Gasteiger partial charge in [-0.2, -0.15) is 0 Å². The third kappa shape index (κ3) is 6.78. The van der Waals surface area contributed by atoms with Gasteiger partial charge in [-0.3, -0.25) is 0 Å². The minimum absolute atomic E-state index is 0.0234. The first-order valence-corrected chi connectivity index (χ1v) is 13.1. The van der Waals surface area contributed by atoms with E-state index in [4.69, 9.17) is 18.5 Å². The lowest BCUT2D eigenvalue weighted by Gasteiger charge is -2.25. The third-order valence-corrected chi connectivity index (χ3v) is 6.96. The highest BCUT2D eigenvalue weighted by molar-refractivity contribution is 7.63. The molecule has 192 valence electrons. The van der Waals surface area contributed by atoms with Gasteiger partial charge in [-0.15, -0.1) is 0 Å². The maximum absolute atomic E-state index is 14.7. The average Bonchev–Trinajstić information content (AvgIpc) is 2.86. The second-order valence-corrected chi connectivity index (χ2v) is 10.5. The van der Waals surface area contributed by atoms with E-state index in [1.165, 1.54) is 38.1 Å². The van der Waals surface area contributed by atoms with Crippen molar-refractivity contribution in [2.24, 2.45) is 0 Å². The lowest BCUT2D eigenvalue weighted by molar-refractivity contribution is -0.131. The van der Waals surface area contributed by atoms with Crippen molar-refractivity contribution < 1.29 is 32.7 Å². The number of para-hydroxylation sites is 4. The van der Waals surface area contributed by atoms with Crippen LogP contribution in [0.25, 0.3) is 0 Å². The Kier molecular flexibility index (Phi) is 8.74. The number of carbonyl (C=O) groups is 2. The highest BCUT2D eigenvalue weighted by Gasteiger charge is 2.36. The first kappa shape index (κ1) is 27.5. The van der Waals surface area contributed by atoms with Gasteiger partial charge in [0.1, 0.15) is 0 Å². The number of hydrogen-bond acceptors (Lipinski definition) is 7. The average molecular weight is 521 g/mol. The Morgan fingerprint density at radius 1 is 0.676 bits per heavy atom. The van der Waals surface area contributed by atoms with E-state index < -0.39 is 19.5 Å². The van der Waals surface area contributed by atoms with Gasteiger partial charge in [0.25, 0.3) is 0 Å². The molecule has 3 rings (SSSR count). The molecule has 0 atom stereocenters. The summed E-state index contributed by atoms with van der Waals surface area (Å²) >= 11 is 0. The maximum atomic E-state index is 14.7. The van der Waals surface area contributed by atoms with Gasteiger partial charge in [0.15, 0.2) is 23.0 Å². The van der Waals surface area contributed by atoms with Crippen LogP contribution in [0.15, 0.2) is 97.1 Å². The highest BCUT2D eigenvalue weighted by Crippen LogP contribution is 2.52. The molecule has 0 heterocycles. The molecule has 0 aliphatic heterocycles. The molecule has 0 aliphatic carbocycles. The molecule has 3 aromatic carbocycles. The van der Waals surface area contributed by atoms with Crippen molar-refractivity contribution in [1.29, 1.82) is 0 Å². The van der Waals surface area contributed by atoms with Crippen LogP contribution in [0.1, 0.15) is 39.2 Å². The van der Waals surface area contributed by atoms with Crippen molar-refractivity contribution in [3.63, 3.8) is 0 Å². The predicted molar refractivity (Wildman–Crippen MR) is 143 cm³/mol. The maximum Gasteiger partial charge on any atom is 0.463 e. The summed E-state index contributed by atoms with van der Waals surface area (Å²) < 4.78 is 37.6. The summed E-state index contributed by atoms with van der Waals surface area (Å²) in [4.78, 5) is 24.4. The molecule has 0 N–H and O–H groups in total. The Hall–Kier alpha value is -4.09. The summed E-state index contributed by atoms with van der Waals surface area (Å²) in [5.74, 6) is -1.21. The molecule has 0 aromatic heterocycles. The fourth-order valence-corrected chi connectivity index (χ4v) is 5.17. The summed E-state index contributed by atoms with van der Waals surface area (Å²) in [5, 5.41) is 0.312. The second-order valence-electron chi connectivity index (χ2n) is 8.63. The van der Waals surface area contributed by atoms with Gasteiger partial charge in [-0.05, 0) is 55.7 Å². The lowest BCUT2D eigenvalue weighted by Crippen LogP contribution is -2.20. The first-order valence-electron chi connectivity index (χ1n) is 11.5. The van der Waals surface area contributed by atoms with Crippen molar-refractivity contribution in [3.05, 3.63) is 103 Å². The van der Waals surface area contributed by atoms with E-state index in [0.717, 1.165) is 5.56 Å². The van der Waals surface area contributed by atoms with Gasteiger partial charge in [0, 0.05) is 11.1 Å². The van der Waals surface area contributed by atoms with E-state index in [0.29, 0.717) is 5.30 Å². The van der Waals surface area contributed by atoms with Gasteiger partial charge in [-0.25, -0.2) is 14.2 Å². The number of carbonyl (C=O) groups excluding carboxylic acids is 2. The molecule has 0 bridgehead atoms. The van der Waals surface area contributed by atoms with Crippen LogP contribution in [0.4, 0.5) is 0 Å². The minimum Gasteiger partial charge on any atom is -0.419 e. The van der Waals surface area contributed by atoms with Gasteiger partial charge in [0.2, 0.25) is 0 Å². The SMILES string of the molecule is C=C(C)C(=O)Oc1ccccc1OP(=O)(Oc1ccccc1OC(=O)C(=C)C)c1ccccc1C(C)C. The zero-order chi connectivity index (χ0) is 27.2. The van der Waals surface area contributed by atoms with E-state index in [1.54, 1.807) is 36.4 Å². The summed E-state index contributed by atoms with van der Waals surface area (Å²) in [6, 6.07) is 19.7. The number of ether oxygens (including phenoxy) is 2. The Morgan fingerprint density at radius 2 is 1.05 bits per heavy atom. The van der Waals surface area contributed by atoms with Gasteiger partial charge < -0.3 is 18.5 Å². The highest BCUT2D eigenvalue weighted by atomic mass is 31.2. The van der Waals surface area contributed by atoms with Crippen LogP contribution in [0.3, 0.4) is 0 Å². The molecule has 0 saturated carbocycles. The molecular weight excluding hydrogens is 491 g/mol. The summed E-state index contributed by atoms with van der Waals surface area (Å²) in [5.41, 5.74) is 1.11. The second kappa shape index (κ2) is 11.8. The van der Waals surface area contributed by atoms with Crippen molar-refractivity contribution in [3.8, 4) is 23.0 Å². The molecule has 7 nitrogen and oxygen atoms in total. The zero-order valence-electron chi connectivity index (χ0n) is 21.2. The van der Waals surface area contributed by atoms with Gasteiger partial charge in [0.05, 0.1) is 5.30 Å². The van der Waals surface area contributed by atoms with Gasteiger partial charge >= 0.3 is 19.5 Å². The van der Waals surface area contributed by atoms with E-state index in [-0.39, 0.29) is 40.1 Å². The minimum atomic E-state index is -4.22. The van der Waals surface area contributed by atoms with Crippen molar-refractivity contribution >= 4 is 24.8 Å². The van der Waals surface area contributed by atoms with Crippen LogP contribution in [0.2, 0.25) is 0 Å². The van der Waals surface area contributed by atoms with Crippen molar-refractivity contribution in [1.82, 2.24) is 0 Å². The van der Waals surface area contributed by atoms with Crippen molar-refractivity contribution in [2.75, 3.05) is 0 Å². The first-order chi connectivity index (χ1) is 17.5. The third-order valence-electron chi connectivity index (χ3n) is 5.09. The molecule has 8 heteroatoms. The summed E-state index contributed by atoms with van der Waals surface area (Å²) in [6.07, 6.45) is 0. The molecule has 0 radical (unpaired) electrons. The Bertz CT molecular complexity index is 1310. The van der Waals surface area contributed by atoms with Crippen LogP contribution in [0.5, 0.6) is 23.0 Å². The molecule has 0 spiro atoms. The Morgan fingerprint density at radius 3 is 1.46 bits per heavy atom. The van der Waals surface area contributed by atoms with E-state index in [1.807, 2.05) is 26.0 Å². The van der Waals surface area contributed by atoms with Gasteiger partial charge in [-0.1, -0.05) is 69.5 Å². The molecule has 0 unspecified atom stereocenters. The smallest absolute Gasteiger partial charge is 0.419 e. The molecule has 0 amide bonds. The molecule has 37 heavy (non-hydrogen) atoms. The molecule has 0 saturated heterocycles. The largest absolute Gasteiger partial charge is 0.463 e. The van der Waals surface area contributed by atoms with Crippen LogP contribution in [-0.4, -0.2) is 11.9 Å². The van der Waals surface area contributed by atoms with Crippen LogP contribution < -0.4 is 23.8 Å². The molecule has 0 aliphatic rings. The van der Waals surface area contributed by atoms with E-state index in [9.17, 15) is 14.2 Å². The van der Waals surface area contributed by atoms with Crippen LogP contribution >= 0.6 is 7.60 Å². The normalized spacial score (nSPS) is 10.9. The van der Waals surface area contributed by atoms with E-state index in [2.05, 4.69) is 13.2 Å². The van der Waals surface area contributed by atoms with Crippen LogP contribution in [-0.2, 0) is 14.2 Å². The fraction of sp³-hybridized carbons (Fsp3) is 0.172. The number of benzene rings is 3. The van der Waals surface area contributed by atoms with Crippen LogP contribution in [0, 0.1) is 0 Å². The predicted octanol–water partition coefficient (Wildman–Crippen LogP) is 6.75. The lowest BCUT2D eigenvalue weighted by atomic mass is 10.0. The molecule has 3 aromatic rings. The van der Waals surface area contributed by atoms with Crippen molar-refractivity contribution in [2.45, 2.75) is 33.6 Å².